The predicted molar refractivity (Wildman–Crippen MR) is 81.0 cm³/mol. The molecule has 0 aliphatic rings. The van der Waals surface area contributed by atoms with E-state index in [1.165, 1.54) is 44.9 Å². The highest BCUT2D eigenvalue weighted by Gasteiger charge is 2.32. The van der Waals surface area contributed by atoms with Gasteiger partial charge in [0, 0.05) is 6.54 Å². The van der Waals surface area contributed by atoms with E-state index >= 15 is 0 Å². The molecule has 3 nitrogen and oxygen atoms in total. The van der Waals surface area contributed by atoms with Gasteiger partial charge < -0.3 is 10.5 Å². The van der Waals surface area contributed by atoms with Crippen LogP contribution in [0.3, 0.4) is 0 Å². The fourth-order valence-electron chi connectivity index (χ4n) is 2.24. The van der Waals surface area contributed by atoms with Gasteiger partial charge >= 0.3 is 5.97 Å². The molecule has 0 heterocycles. The zero-order valence-corrected chi connectivity index (χ0v) is 13.2. The molecule has 0 saturated carbocycles. The molecule has 0 aromatic carbocycles. The van der Waals surface area contributed by atoms with E-state index in [0.29, 0.717) is 13.2 Å². The second-order valence-corrected chi connectivity index (χ2v) is 5.71. The average Bonchev–Trinajstić information content (AvgIpc) is 2.41. The van der Waals surface area contributed by atoms with Gasteiger partial charge in [-0.05, 0) is 20.3 Å². The summed E-state index contributed by atoms with van der Waals surface area (Å²) in [5, 5.41) is 0. The molecule has 0 aliphatic heterocycles. The highest BCUT2D eigenvalue weighted by Crippen LogP contribution is 2.25. The minimum Gasteiger partial charge on any atom is -0.466 e. The van der Waals surface area contributed by atoms with Crippen LogP contribution in [-0.4, -0.2) is 19.1 Å². The number of rotatable bonds is 12. The van der Waals surface area contributed by atoms with Crippen LogP contribution < -0.4 is 5.73 Å². The van der Waals surface area contributed by atoms with Crippen molar-refractivity contribution < 1.29 is 9.53 Å². The van der Waals surface area contributed by atoms with Crippen molar-refractivity contribution in [2.75, 3.05) is 13.2 Å². The summed E-state index contributed by atoms with van der Waals surface area (Å²) in [5.74, 6) is -0.138. The summed E-state index contributed by atoms with van der Waals surface area (Å²) < 4.78 is 5.10. The Kier molecular flexibility index (Phi) is 10.9. The molecule has 0 bridgehead atoms. The number of hydrogen-bond donors (Lipinski definition) is 1. The van der Waals surface area contributed by atoms with Gasteiger partial charge in [0.1, 0.15) is 0 Å². The largest absolute Gasteiger partial charge is 0.466 e. The zero-order valence-electron chi connectivity index (χ0n) is 13.2. The molecule has 0 aromatic rings. The van der Waals surface area contributed by atoms with Gasteiger partial charge in [0.2, 0.25) is 0 Å². The highest BCUT2D eigenvalue weighted by molar-refractivity contribution is 5.76. The third-order valence-electron chi connectivity index (χ3n) is 3.80. The molecule has 0 fully saturated rings. The van der Waals surface area contributed by atoms with Crippen LogP contribution in [0.15, 0.2) is 0 Å². The predicted octanol–water partition coefficient (Wildman–Crippen LogP) is 4.05. The third-order valence-corrected chi connectivity index (χ3v) is 3.80. The van der Waals surface area contributed by atoms with Crippen molar-refractivity contribution in [1.29, 1.82) is 0 Å². The first-order valence-corrected chi connectivity index (χ1v) is 7.98. The maximum Gasteiger partial charge on any atom is 0.313 e. The normalized spacial score (nSPS) is 14.1. The SMILES string of the molecule is CCCCCCCCCCC(C)(CN)C(=O)OCC. The first-order valence-electron chi connectivity index (χ1n) is 7.98. The number of hydrogen-bond acceptors (Lipinski definition) is 3. The molecule has 0 aliphatic carbocycles. The Morgan fingerprint density at radius 2 is 1.53 bits per heavy atom. The molecule has 0 radical (unpaired) electrons. The number of ether oxygens (including phenoxy) is 1. The first-order chi connectivity index (χ1) is 9.10. The average molecular weight is 271 g/mol. The second-order valence-electron chi connectivity index (χ2n) is 5.71. The van der Waals surface area contributed by atoms with E-state index in [2.05, 4.69) is 6.92 Å². The number of carbonyl (C=O) groups is 1. The van der Waals surface area contributed by atoms with Crippen molar-refractivity contribution >= 4 is 5.97 Å². The van der Waals surface area contributed by atoms with Crippen molar-refractivity contribution in [1.82, 2.24) is 0 Å². The van der Waals surface area contributed by atoms with Crippen molar-refractivity contribution in [3.8, 4) is 0 Å². The summed E-state index contributed by atoms with van der Waals surface area (Å²) >= 11 is 0. The molecule has 1 unspecified atom stereocenters. The van der Waals surface area contributed by atoms with Crippen LogP contribution in [0.5, 0.6) is 0 Å². The molecule has 1 atom stereocenters. The molecule has 0 spiro atoms. The molecular weight excluding hydrogens is 238 g/mol. The van der Waals surface area contributed by atoms with Gasteiger partial charge in [-0.2, -0.15) is 0 Å². The van der Waals surface area contributed by atoms with Gasteiger partial charge in [-0.3, -0.25) is 4.79 Å². The Balaban J connectivity index is 3.69. The van der Waals surface area contributed by atoms with Gasteiger partial charge in [-0.1, -0.05) is 58.3 Å². The molecule has 2 N–H and O–H groups in total. The van der Waals surface area contributed by atoms with Gasteiger partial charge in [0.25, 0.3) is 0 Å². The Morgan fingerprint density at radius 3 is 2.00 bits per heavy atom. The van der Waals surface area contributed by atoms with E-state index in [4.69, 9.17) is 10.5 Å². The minimum absolute atomic E-state index is 0.138. The molecule has 0 saturated heterocycles. The minimum atomic E-state index is -0.488. The summed E-state index contributed by atoms with van der Waals surface area (Å²) in [6.45, 7) is 6.81. The molecule has 3 heteroatoms. The maximum absolute atomic E-state index is 11.8. The fraction of sp³-hybridized carbons (Fsp3) is 0.938. The first kappa shape index (κ1) is 18.4. The lowest BCUT2D eigenvalue weighted by Crippen LogP contribution is -2.37. The third kappa shape index (κ3) is 8.25. The molecule has 0 rings (SSSR count). The zero-order chi connectivity index (χ0) is 14.6. The Labute approximate surface area is 119 Å². The van der Waals surface area contributed by atoms with Crippen molar-refractivity contribution in [2.24, 2.45) is 11.1 Å². The van der Waals surface area contributed by atoms with Gasteiger partial charge in [0.15, 0.2) is 0 Å². The lowest BCUT2D eigenvalue weighted by atomic mass is 9.84. The van der Waals surface area contributed by atoms with Crippen molar-refractivity contribution in [3.05, 3.63) is 0 Å². The fourth-order valence-corrected chi connectivity index (χ4v) is 2.24. The quantitative estimate of drug-likeness (QED) is 0.430. The molecule has 0 aromatic heterocycles. The smallest absolute Gasteiger partial charge is 0.313 e. The number of esters is 1. The lowest BCUT2D eigenvalue weighted by Gasteiger charge is -2.25. The van der Waals surface area contributed by atoms with Crippen LogP contribution in [0.25, 0.3) is 0 Å². The van der Waals surface area contributed by atoms with Gasteiger partial charge in [-0.15, -0.1) is 0 Å². The van der Waals surface area contributed by atoms with Crippen LogP contribution in [-0.2, 0) is 9.53 Å². The Morgan fingerprint density at radius 1 is 1.00 bits per heavy atom. The number of carbonyl (C=O) groups excluding carboxylic acids is 1. The van der Waals surface area contributed by atoms with E-state index in [1.807, 2.05) is 13.8 Å². The van der Waals surface area contributed by atoms with E-state index in [0.717, 1.165) is 12.8 Å². The lowest BCUT2D eigenvalue weighted by molar-refractivity contribution is -0.154. The van der Waals surface area contributed by atoms with Crippen LogP contribution in [0.1, 0.15) is 78.6 Å². The second kappa shape index (κ2) is 11.3. The summed E-state index contributed by atoms with van der Waals surface area (Å²) in [5.41, 5.74) is 5.25. The Bertz CT molecular complexity index is 231. The number of unbranched alkanes of at least 4 members (excludes halogenated alkanes) is 7. The Hall–Kier alpha value is -0.570. The van der Waals surface area contributed by atoms with Crippen LogP contribution >= 0.6 is 0 Å². The van der Waals surface area contributed by atoms with Crippen molar-refractivity contribution in [2.45, 2.75) is 78.6 Å². The van der Waals surface area contributed by atoms with Gasteiger partial charge in [-0.25, -0.2) is 0 Å². The van der Waals surface area contributed by atoms with E-state index < -0.39 is 5.41 Å². The number of nitrogens with two attached hydrogens (primary N) is 1. The monoisotopic (exact) mass is 271 g/mol. The standard InChI is InChI=1S/C16H33NO2/c1-4-6-7-8-9-10-11-12-13-16(3,14-17)15(18)19-5-2/h4-14,17H2,1-3H3. The summed E-state index contributed by atoms with van der Waals surface area (Å²) in [7, 11) is 0. The highest BCUT2D eigenvalue weighted by atomic mass is 16.5. The maximum atomic E-state index is 11.8. The molecule has 114 valence electrons. The molecular formula is C16H33NO2. The summed E-state index contributed by atoms with van der Waals surface area (Å²) in [6, 6.07) is 0. The summed E-state index contributed by atoms with van der Waals surface area (Å²) in [4.78, 5) is 11.8. The molecule has 0 amide bonds. The summed E-state index contributed by atoms with van der Waals surface area (Å²) in [6.07, 6.45) is 11.1. The molecule has 19 heavy (non-hydrogen) atoms. The van der Waals surface area contributed by atoms with Crippen LogP contribution in [0, 0.1) is 5.41 Å². The van der Waals surface area contributed by atoms with E-state index in [-0.39, 0.29) is 5.97 Å². The van der Waals surface area contributed by atoms with Crippen LogP contribution in [0.4, 0.5) is 0 Å². The van der Waals surface area contributed by atoms with E-state index in [1.54, 1.807) is 0 Å². The van der Waals surface area contributed by atoms with Crippen LogP contribution in [0.2, 0.25) is 0 Å². The van der Waals surface area contributed by atoms with Crippen molar-refractivity contribution in [3.63, 3.8) is 0 Å². The van der Waals surface area contributed by atoms with E-state index in [9.17, 15) is 4.79 Å². The topological polar surface area (TPSA) is 52.3 Å². The van der Waals surface area contributed by atoms with Gasteiger partial charge in [0.05, 0.1) is 12.0 Å².